The van der Waals surface area contributed by atoms with Gasteiger partial charge >= 0.3 is 12.0 Å². The van der Waals surface area contributed by atoms with Crippen molar-refractivity contribution in [1.82, 2.24) is 10.6 Å². The topological polar surface area (TPSA) is 115 Å². The van der Waals surface area contributed by atoms with E-state index in [0.717, 1.165) is 5.56 Å². The van der Waals surface area contributed by atoms with Crippen LogP contribution < -0.4 is 16.1 Å². The molecule has 36 heavy (non-hydrogen) atoms. The zero-order chi connectivity index (χ0) is 25.7. The van der Waals surface area contributed by atoms with Crippen LogP contribution in [0.2, 0.25) is 0 Å². The highest BCUT2D eigenvalue weighted by atomic mass is 16.5. The number of rotatable bonds is 6. The molecule has 0 fully saturated rings. The quantitative estimate of drug-likeness (QED) is 0.394. The molecule has 4 rings (SSSR count). The molecule has 1 atom stereocenters. The van der Waals surface area contributed by atoms with Crippen molar-refractivity contribution in [2.75, 3.05) is 0 Å². The van der Waals surface area contributed by atoms with Crippen LogP contribution in [0.3, 0.4) is 0 Å². The van der Waals surface area contributed by atoms with Crippen molar-refractivity contribution in [2.24, 2.45) is 0 Å². The number of amides is 3. The molecule has 1 heterocycles. The minimum Gasteiger partial charge on any atom is -0.455 e. The Morgan fingerprint density at radius 2 is 1.58 bits per heavy atom. The molecule has 3 aromatic carbocycles. The Labute approximate surface area is 206 Å². The lowest BCUT2D eigenvalue weighted by Gasteiger charge is -2.14. The van der Waals surface area contributed by atoms with Crippen LogP contribution in [-0.2, 0) is 16.1 Å². The fourth-order valence-corrected chi connectivity index (χ4v) is 3.65. The van der Waals surface area contributed by atoms with Crippen molar-refractivity contribution in [2.45, 2.75) is 26.5 Å². The Balaban J connectivity index is 1.50. The molecular weight excluding hydrogens is 460 g/mol. The van der Waals surface area contributed by atoms with E-state index in [0.29, 0.717) is 16.9 Å². The normalized spacial score (nSPS) is 11.5. The summed E-state index contributed by atoms with van der Waals surface area (Å²) in [6.45, 7) is 3.23. The molecule has 0 saturated heterocycles. The molecule has 0 spiro atoms. The predicted molar refractivity (Wildman–Crippen MR) is 134 cm³/mol. The molecule has 0 bridgehead atoms. The third kappa shape index (κ3) is 5.33. The first kappa shape index (κ1) is 24.4. The highest BCUT2D eigenvalue weighted by Gasteiger charge is 2.24. The van der Waals surface area contributed by atoms with Crippen LogP contribution in [-0.4, -0.2) is 24.0 Å². The molecule has 0 aliphatic carbocycles. The summed E-state index contributed by atoms with van der Waals surface area (Å²) in [5.41, 5.74) is 1.74. The van der Waals surface area contributed by atoms with E-state index in [1.165, 1.54) is 13.0 Å². The van der Waals surface area contributed by atoms with Crippen LogP contribution in [0.15, 0.2) is 88.1 Å². The first-order valence-corrected chi connectivity index (χ1v) is 11.3. The number of imide groups is 1. The molecule has 8 nitrogen and oxygen atoms in total. The van der Waals surface area contributed by atoms with Crippen LogP contribution in [0.25, 0.3) is 22.3 Å². The second kappa shape index (κ2) is 10.7. The lowest BCUT2D eigenvalue weighted by atomic mass is 10.0. The summed E-state index contributed by atoms with van der Waals surface area (Å²) < 4.78 is 11.3. The number of benzene rings is 3. The van der Waals surface area contributed by atoms with Crippen molar-refractivity contribution >= 4 is 28.9 Å². The summed E-state index contributed by atoms with van der Waals surface area (Å²) in [5.74, 6) is -1.32. The lowest BCUT2D eigenvalue weighted by Crippen LogP contribution is -2.44. The monoisotopic (exact) mass is 484 g/mol. The van der Waals surface area contributed by atoms with Gasteiger partial charge in [0.05, 0.1) is 5.39 Å². The van der Waals surface area contributed by atoms with Crippen LogP contribution in [0.4, 0.5) is 4.79 Å². The summed E-state index contributed by atoms with van der Waals surface area (Å²) in [6, 6.07) is 22.1. The van der Waals surface area contributed by atoms with Crippen molar-refractivity contribution in [3.05, 3.63) is 106 Å². The molecule has 3 amide bonds. The maximum atomic E-state index is 13.0. The van der Waals surface area contributed by atoms with Crippen LogP contribution in [0.5, 0.6) is 0 Å². The number of ether oxygens (including phenoxy) is 1. The van der Waals surface area contributed by atoms with Gasteiger partial charge in [-0.2, -0.15) is 0 Å². The number of carbonyl (C=O) groups is 3. The Bertz CT molecular complexity index is 1480. The van der Waals surface area contributed by atoms with Gasteiger partial charge in [0.1, 0.15) is 11.3 Å². The second-order valence-corrected chi connectivity index (χ2v) is 8.14. The summed E-state index contributed by atoms with van der Waals surface area (Å²) >= 11 is 0. The highest BCUT2D eigenvalue weighted by molar-refractivity contribution is 6.04. The Kier molecular flexibility index (Phi) is 7.25. The number of hydrogen-bond donors (Lipinski definition) is 2. The van der Waals surface area contributed by atoms with Gasteiger partial charge in [0, 0.05) is 17.7 Å². The highest BCUT2D eigenvalue weighted by Crippen LogP contribution is 2.27. The van der Waals surface area contributed by atoms with Gasteiger partial charge in [-0.3, -0.25) is 14.9 Å². The van der Waals surface area contributed by atoms with Gasteiger partial charge in [-0.25, -0.2) is 9.59 Å². The fraction of sp³-hybridized carbons (Fsp3) is 0.143. The minimum atomic E-state index is -1.28. The van der Waals surface area contributed by atoms with E-state index in [2.05, 4.69) is 10.6 Å². The maximum absolute atomic E-state index is 13.0. The zero-order valence-corrected chi connectivity index (χ0v) is 19.7. The van der Waals surface area contributed by atoms with Gasteiger partial charge in [0.25, 0.3) is 5.91 Å². The molecule has 0 saturated carbocycles. The Morgan fingerprint density at radius 1 is 0.917 bits per heavy atom. The molecular formula is C28H24N2O6. The molecule has 182 valence electrons. The van der Waals surface area contributed by atoms with Crippen molar-refractivity contribution in [1.29, 1.82) is 0 Å². The van der Waals surface area contributed by atoms with Gasteiger partial charge < -0.3 is 14.5 Å². The van der Waals surface area contributed by atoms with Crippen molar-refractivity contribution in [3.63, 3.8) is 0 Å². The van der Waals surface area contributed by atoms with E-state index >= 15 is 0 Å². The number of urea groups is 1. The first-order chi connectivity index (χ1) is 17.3. The third-order valence-electron chi connectivity index (χ3n) is 5.59. The fourth-order valence-electron chi connectivity index (χ4n) is 3.65. The predicted octanol–water partition coefficient (Wildman–Crippen LogP) is 4.34. The molecule has 0 aliphatic heterocycles. The maximum Gasteiger partial charge on any atom is 0.342 e. The molecule has 4 aromatic rings. The summed E-state index contributed by atoms with van der Waals surface area (Å²) in [6.07, 6.45) is -1.28. The zero-order valence-electron chi connectivity index (χ0n) is 19.7. The van der Waals surface area contributed by atoms with Gasteiger partial charge in [-0.05, 0) is 31.5 Å². The van der Waals surface area contributed by atoms with E-state index in [1.807, 2.05) is 48.5 Å². The molecule has 1 unspecified atom stereocenters. The van der Waals surface area contributed by atoms with E-state index in [9.17, 15) is 19.2 Å². The van der Waals surface area contributed by atoms with Gasteiger partial charge in [0.15, 0.2) is 17.1 Å². The lowest BCUT2D eigenvalue weighted by molar-refractivity contribution is -0.127. The van der Waals surface area contributed by atoms with E-state index in [4.69, 9.17) is 9.15 Å². The molecule has 0 aliphatic rings. The SMILES string of the molecule is Cc1c(-c2ccccc2)oc2c(C(=O)OC(C)C(=O)NC(=O)NCc3ccccc3)cccc2c1=O. The average Bonchev–Trinajstić information content (AvgIpc) is 2.90. The number of carbonyl (C=O) groups excluding carboxylic acids is 3. The molecule has 0 radical (unpaired) electrons. The number of hydrogen-bond acceptors (Lipinski definition) is 6. The van der Waals surface area contributed by atoms with Gasteiger partial charge in [-0.15, -0.1) is 0 Å². The number of fused-ring (bicyclic) bond motifs is 1. The summed E-state index contributed by atoms with van der Waals surface area (Å²) in [5, 5.41) is 4.94. The van der Waals surface area contributed by atoms with Crippen molar-refractivity contribution < 1.29 is 23.5 Å². The largest absolute Gasteiger partial charge is 0.455 e. The van der Waals surface area contributed by atoms with Crippen LogP contribution in [0.1, 0.15) is 28.4 Å². The number of esters is 1. The minimum absolute atomic E-state index is 0.00467. The Morgan fingerprint density at radius 3 is 2.28 bits per heavy atom. The van der Waals surface area contributed by atoms with E-state index < -0.39 is 24.0 Å². The number of nitrogens with one attached hydrogen (secondary N) is 2. The first-order valence-electron chi connectivity index (χ1n) is 11.3. The van der Waals surface area contributed by atoms with Crippen LogP contribution >= 0.6 is 0 Å². The molecule has 1 aromatic heterocycles. The number of para-hydroxylation sites is 1. The smallest absolute Gasteiger partial charge is 0.342 e. The van der Waals surface area contributed by atoms with Crippen LogP contribution in [0, 0.1) is 6.92 Å². The Hall–Kier alpha value is -4.72. The van der Waals surface area contributed by atoms with Gasteiger partial charge in [0.2, 0.25) is 0 Å². The average molecular weight is 485 g/mol. The van der Waals surface area contributed by atoms with E-state index in [1.54, 1.807) is 31.2 Å². The van der Waals surface area contributed by atoms with Gasteiger partial charge in [-0.1, -0.05) is 66.7 Å². The second-order valence-electron chi connectivity index (χ2n) is 8.14. The third-order valence-corrected chi connectivity index (χ3v) is 5.59. The molecule has 2 N–H and O–H groups in total. The summed E-state index contributed by atoms with van der Waals surface area (Å²) in [7, 11) is 0. The van der Waals surface area contributed by atoms with Crippen molar-refractivity contribution in [3.8, 4) is 11.3 Å². The summed E-state index contributed by atoms with van der Waals surface area (Å²) in [4.78, 5) is 50.4. The standard InChI is InChI=1S/C28H24N2O6/c1-17-23(31)21-14-9-15-22(25(21)36-24(17)20-12-7-4-8-13-20)27(33)35-18(2)26(32)30-28(34)29-16-19-10-5-3-6-11-19/h3-15,18H,16H2,1-2H3,(H2,29,30,32,34). The van der Waals surface area contributed by atoms with E-state index in [-0.39, 0.29) is 28.5 Å². The molecule has 8 heteroatoms.